The zero-order valence-electron chi connectivity index (χ0n) is 16.2. The van der Waals surface area contributed by atoms with E-state index in [2.05, 4.69) is 17.1 Å². The fourth-order valence-corrected chi connectivity index (χ4v) is 4.14. The van der Waals surface area contributed by atoms with E-state index >= 15 is 0 Å². The van der Waals surface area contributed by atoms with Crippen LogP contribution in [0.3, 0.4) is 0 Å². The Morgan fingerprint density at radius 1 is 1.15 bits per heavy atom. The Balaban J connectivity index is 1.41. The molecule has 0 aliphatic carbocycles. The van der Waals surface area contributed by atoms with Gasteiger partial charge in [-0.2, -0.15) is 0 Å². The number of benzene rings is 1. The van der Waals surface area contributed by atoms with E-state index in [4.69, 9.17) is 4.74 Å². The van der Waals surface area contributed by atoms with E-state index < -0.39 is 0 Å². The topological polar surface area (TPSA) is 44.8 Å². The van der Waals surface area contributed by atoms with Gasteiger partial charge in [0.15, 0.2) is 0 Å². The summed E-state index contributed by atoms with van der Waals surface area (Å²) in [6, 6.07) is 7.59. The van der Waals surface area contributed by atoms with Crippen LogP contribution in [0.1, 0.15) is 39.5 Å². The third-order valence-corrected chi connectivity index (χ3v) is 5.58. The minimum atomic E-state index is 0.0132. The van der Waals surface area contributed by atoms with Gasteiger partial charge >= 0.3 is 6.03 Å². The molecule has 0 unspecified atom stereocenters. The van der Waals surface area contributed by atoms with Crippen LogP contribution in [0.2, 0.25) is 0 Å². The normalized spacial score (nSPS) is 22.2. The van der Waals surface area contributed by atoms with Crippen molar-refractivity contribution in [2.24, 2.45) is 11.8 Å². The molecule has 1 aromatic carbocycles. The molecule has 1 aromatic rings. The highest BCUT2D eigenvalue weighted by molar-refractivity contribution is 5.89. The van der Waals surface area contributed by atoms with Gasteiger partial charge in [-0.3, -0.25) is 0 Å². The number of rotatable bonds is 5. The Hall–Kier alpha value is -1.75. The molecule has 144 valence electrons. The van der Waals surface area contributed by atoms with Gasteiger partial charge in [0, 0.05) is 31.9 Å². The fourth-order valence-electron chi connectivity index (χ4n) is 4.14. The molecule has 0 aromatic heterocycles. The molecule has 2 saturated heterocycles. The molecule has 2 aliphatic heterocycles. The zero-order chi connectivity index (χ0) is 18.4. The number of nitrogens with one attached hydrogen (secondary N) is 1. The van der Waals surface area contributed by atoms with E-state index in [9.17, 15) is 4.79 Å². The van der Waals surface area contributed by atoms with Crippen molar-refractivity contribution in [1.82, 2.24) is 9.80 Å². The number of carbonyl (C=O) groups is 1. The van der Waals surface area contributed by atoms with Crippen LogP contribution >= 0.6 is 0 Å². The second-order valence-corrected chi connectivity index (χ2v) is 7.82. The monoisotopic (exact) mass is 359 g/mol. The number of anilines is 1. The Labute approximate surface area is 157 Å². The highest BCUT2D eigenvalue weighted by Crippen LogP contribution is 2.23. The summed E-state index contributed by atoms with van der Waals surface area (Å²) >= 11 is 0. The average molecular weight is 360 g/mol. The van der Waals surface area contributed by atoms with Crippen molar-refractivity contribution in [2.45, 2.75) is 39.5 Å². The number of hydrogen-bond acceptors (Lipinski definition) is 3. The largest absolute Gasteiger partial charge is 0.494 e. The SMILES string of the molecule is CCOc1ccc(NC(=O)N2CCC(CN3CCC[C@H](C)C3)CC2)cc1. The van der Waals surface area contributed by atoms with Crippen molar-refractivity contribution in [3.63, 3.8) is 0 Å². The van der Waals surface area contributed by atoms with Crippen molar-refractivity contribution >= 4 is 11.7 Å². The second kappa shape index (κ2) is 9.26. The number of likely N-dealkylation sites (tertiary alicyclic amines) is 2. The molecule has 2 heterocycles. The quantitative estimate of drug-likeness (QED) is 0.862. The first-order valence-corrected chi connectivity index (χ1v) is 10.1. The molecule has 0 spiro atoms. The lowest BCUT2D eigenvalue weighted by molar-refractivity contribution is 0.125. The maximum absolute atomic E-state index is 12.5. The van der Waals surface area contributed by atoms with Gasteiger partial charge in [0.2, 0.25) is 0 Å². The lowest BCUT2D eigenvalue weighted by atomic mass is 9.94. The molecular formula is C21H33N3O2. The lowest BCUT2D eigenvalue weighted by Crippen LogP contribution is -2.44. The summed E-state index contributed by atoms with van der Waals surface area (Å²) in [4.78, 5) is 17.1. The van der Waals surface area contributed by atoms with Crippen LogP contribution < -0.4 is 10.1 Å². The summed E-state index contributed by atoms with van der Waals surface area (Å²) in [6.45, 7) is 10.4. The van der Waals surface area contributed by atoms with Gasteiger partial charge in [-0.05, 0) is 75.3 Å². The van der Waals surface area contributed by atoms with Crippen LogP contribution in [0.15, 0.2) is 24.3 Å². The fraction of sp³-hybridized carbons (Fsp3) is 0.667. The number of hydrogen-bond donors (Lipinski definition) is 1. The molecule has 0 radical (unpaired) electrons. The number of urea groups is 1. The molecular weight excluding hydrogens is 326 g/mol. The molecule has 5 nitrogen and oxygen atoms in total. The first-order valence-electron chi connectivity index (χ1n) is 10.1. The van der Waals surface area contributed by atoms with E-state index in [-0.39, 0.29) is 6.03 Å². The summed E-state index contributed by atoms with van der Waals surface area (Å²) in [5, 5.41) is 3.00. The van der Waals surface area contributed by atoms with Crippen molar-refractivity contribution in [1.29, 1.82) is 0 Å². The van der Waals surface area contributed by atoms with Gasteiger partial charge in [-0.25, -0.2) is 4.79 Å². The Kier molecular flexibility index (Phi) is 6.78. The van der Waals surface area contributed by atoms with Crippen molar-refractivity contribution in [3.05, 3.63) is 24.3 Å². The van der Waals surface area contributed by atoms with Crippen LogP contribution in [-0.4, -0.2) is 55.2 Å². The maximum Gasteiger partial charge on any atom is 0.321 e. The Morgan fingerprint density at radius 3 is 2.54 bits per heavy atom. The molecule has 2 fully saturated rings. The molecule has 2 aliphatic rings. The highest BCUT2D eigenvalue weighted by Gasteiger charge is 2.25. The summed E-state index contributed by atoms with van der Waals surface area (Å²) in [7, 11) is 0. The van der Waals surface area contributed by atoms with Crippen molar-refractivity contribution in [2.75, 3.05) is 44.6 Å². The van der Waals surface area contributed by atoms with Gasteiger partial charge in [-0.15, -0.1) is 0 Å². The molecule has 0 bridgehead atoms. The summed E-state index contributed by atoms with van der Waals surface area (Å²) in [5.41, 5.74) is 0.822. The van der Waals surface area contributed by atoms with Crippen LogP contribution in [0.4, 0.5) is 10.5 Å². The summed E-state index contributed by atoms with van der Waals surface area (Å²) < 4.78 is 5.44. The maximum atomic E-state index is 12.5. The van der Waals surface area contributed by atoms with Crippen LogP contribution in [-0.2, 0) is 0 Å². The van der Waals surface area contributed by atoms with Crippen molar-refractivity contribution in [3.8, 4) is 5.75 Å². The van der Waals surface area contributed by atoms with Gasteiger partial charge in [0.1, 0.15) is 5.75 Å². The van der Waals surface area contributed by atoms with E-state index in [1.54, 1.807) is 0 Å². The number of ether oxygens (including phenoxy) is 1. The second-order valence-electron chi connectivity index (χ2n) is 7.82. The molecule has 1 atom stereocenters. The predicted molar refractivity (Wildman–Crippen MR) is 106 cm³/mol. The van der Waals surface area contributed by atoms with Crippen LogP contribution in [0.5, 0.6) is 5.75 Å². The predicted octanol–water partition coefficient (Wildman–Crippen LogP) is 4.06. The number of nitrogens with zero attached hydrogens (tertiary/aromatic N) is 2. The average Bonchev–Trinajstić information content (AvgIpc) is 2.64. The van der Waals surface area contributed by atoms with Gasteiger partial charge < -0.3 is 19.9 Å². The van der Waals surface area contributed by atoms with Crippen LogP contribution in [0, 0.1) is 11.8 Å². The first kappa shape index (κ1) is 19.0. The third kappa shape index (κ3) is 5.37. The minimum Gasteiger partial charge on any atom is -0.494 e. The lowest BCUT2D eigenvalue weighted by Gasteiger charge is -2.37. The molecule has 3 rings (SSSR count). The van der Waals surface area contributed by atoms with Gasteiger partial charge in [-0.1, -0.05) is 6.92 Å². The molecule has 1 N–H and O–H groups in total. The van der Waals surface area contributed by atoms with Gasteiger partial charge in [0.25, 0.3) is 0 Å². The van der Waals surface area contributed by atoms with Crippen LogP contribution in [0.25, 0.3) is 0 Å². The number of piperidine rings is 2. The minimum absolute atomic E-state index is 0.0132. The van der Waals surface area contributed by atoms with E-state index in [1.807, 2.05) is 36.1 Å². The highest BCUT2D eigenvalue weighted by atomic mass is 16.5. The molecule has 26 heavy (non-hydrogen) atoms. The van der Waals surface area contributed by atoms with E-state index in [1.165, 1.54) is 32.5 Å². The van der Waals surface area contributed by atoms with E-state index in [0.29, 0.717) is 6.61 Å². The Bertz CT molecular complexity index is 567. The van der Waals surface area contributed by atoms with E-state index in [0.717, 1.165) is 49.2 Å². The summed E-state index contributed by atoms with van der Waals surface area (Å²) in [5.74, 6) is 2.40. The first-order chi connectivity index (χ1) is 12.6. The number of amides is 2. The molecule has 2 amide bonds. The number of carbonyl (C=O) groups excluding carboxylic acids is 1. The van der Waals surface area contributed by atoms with Crippen molar-refractivity contribution < 1.29 is 9.53 Å². The standard InChI is InChI=1S/C21H33N3O2/c1-3-26-20-8-6-19(7-9-20)22-21(25)24-13-10-18(11-14-24)16-23-12-4-5-17(2)15-23/h6-9,17-18H,3-5,10-16H2,1-2H3,(H,22,25)/t17-/m0/s1. The summed E-state index contributed by atoms with van der Waals surface area (Å²) in [6.07, 6.45) is 4.94. The zero-order valence-corrected chi connectivity index (χ0v) is 16.2. The Morgan fingerprint density at radius 2 is 1.88 bits per heavy atom. The smallest absolute Gasteiger partial charge is 0.321 e. The van der Waals surface area contributed by atoms with Gasteiger partial charge in [0.05, 0.1) is 6.61 Å². The molecule has 0 saturated carbocycles. The molecule has 5 heteroatoms. The third-order valence-electron chi connectivity index (χ3n) is 5.58.